The standard InChI is InChI=1S/C14H13ClN2O2S.C2H6/c1-11-7-5-6-10-13(11)14(15)16-17-20(18,19)12-8-3-2-4-9-12;1-2/h2-10,17H,1H3;1-2H3/b16-14+;. The zero-order valence-corrected chi connectivity index (χ0v) is 14.3. The smallest absolute Gasteiger partial charge is 0.200 e. The van der Waals surface area contributed by atoms with Crippen LogP contribution in [0.2, 0.25) is 0 Å². The zero-order chi connectivity index (χ0) is 16.6. The maximum atomic E-state index is 12.0. The Morgan fingerprint density at radius 1 is 1.00 bits per heavy atom. The molecule has 1 N–H and O–H groups in total. The molecule has 6 heteroatoms. The van der Waals surface area contributed by atoms with Crippen molar-refractivity contribution >= 4 is 26.8 Å². The summed E-state index contributed by atoms with van der Waals surface area (Å²) < 4.78 is 24.0. The normalized spacial score (nSPS) is 11.4. The number of halogens is 1. The number of nitrogens with zero attached hydrogens (tertiary/aromatic N) is 1. The van der Waals surface area contributed by atoms with Crippen LogP contribution in [0.15, 0.2) is 64.6 Å². The van der Waals surface area contributed by atoms with E-state index in [2.05, 4.69) is 9.93 Å². The summed E-state index contributed by atoms with van der Waals surface area (Å²) in [7, 11) is -3.70. The van der Waals surface area contributed by atoms with Gasteiger partial charge in [-0.3, -0.25) is 0 Å². The number of hydrogen-bond acceptors (Lipinski definition) is 3. The SMILES string of the molecule is CC.Cc1ccccc1/C(Cl)=N\NS(=O)(=O)c1ccccc1. The van der Waals surface area contributed by atoms with Crippen LogP contribution in [-0.2, 0) is 10.0 Å². The molecule has 0 saturated heterocycles. The number of aryl methyl sites for hydroxylation is 1. The number of hydrogen-bond donors (Lipinski definition) is 1. The molecular formula is C16H19ClN2O2S. The molecule has 0 bridgehead atoms. The Balaban J connectivity index is 0.00000116. The molecule has 0 atom stereocenters. The minimum absolute atomic E-state index is 0.0996. The molecule has 2 rings (SSSR count). The van der Waals surface area contributed by atoms with Crippen LogP contribution in [0.3, 0.4) is 0 Å². The summed E-state index contributed by atoms with van der Waals surface area (Å²) in [4.78, 5) is 2.27. The van der Waals surface area contributed by atoms with Crippen LogP contribution < -0.4 is 4.83 Å². The second-order valence-corrected chi connectivity index (χ2v) is 6.14. The number of sulfonamides is 1. The van der Waals surface area contributed by atoms with Gasteiger partial charge in [-0.25, -0.2) is 0 Å². The molecule has 0 aliphatic heterocycles. The van der Waals surface area contributed by atoms with E-state index >= 15 is 0 Å². The highest BCUT2D eigenvalue weighted by Crippen LogP contribution is 2.12. The minimum Gasteiger partial charge on any atom is -0.200 e. The van der Waals surface area contributed by atoms with Crippen molar-refractivity contribution in [2.75, 3.05) is 0 Å². The lowest BCUT2D eigenvalue weighted by molar-refractivity contribution is 0.584. The van der Waals surface area contributed by atoms with Gasteiger partial charge in [-0.2, -0.15) is 18.4 Å². The Bertz CT molecular complexity index is 729. The van der Waals surface area contributed by atoms with Crippen LogP contribution >= 0.6 is 11.6 Å². The molecule has 0 radical (unpaired) electrons. The van der Waals surface area contributed by atoms with Gasteiger partial charge in [0.2, 0.25) is 0 Å². The van der Waals surface area contributed by atoms with E-state index in [1.807, 2.05) is 39.0 Å². The third-order valence-electron chi connectivity index (χ3n) is 2.68. The first-order valence-corrected chi connectivity index (χ1v) is 8.73. The van der Waals surface area contributed by atoms with Gasteiger partial charge < -0.3 is 0 Å². The number of rotatable bonds is 4. The fourth-order valence-electron chi connectivity index (χ4n) is 1.62. The predicted octanol–water partition coefficient (Wildman–Crippen LogP) is 3.90. The van der Waals surface area contributed by atoms with Crippen molar-refractivity contribution in [3.63, 3.8) is 0 Å². The molecule has 0 aliphatic rings. The first-order chi connectivity index (χ1) is 10.5. The molecule has 0 fully saturated rings. The van der Waals surface area contributed by atoms with Crippen molar-refractivity contribution in [3.8, 4) is 0 Å². The van der Waals surface area contributed by atoms with E-state index < -0.39 is 10.0 Å². The zero-order valence-electron chi connectivity index (χ0n) is 12.7. The summed E-state index contributed by atoms with van der Waals surface area (Å²) in [6.07, 6.45) is 0. The van der Waals surface area contributed by atoms with Gasteiger partial charge in [-0.15, -0.1) is 0 Å². The molecule has 4 nitrogen and oxygen atoms in total. The van der Waals surface area contributed by atoms with Gasteiger partial charge in [0, 0.05) is 5.56 Å². The van der Waals surface area contributed by atoms with Crippen LogP contribution in [0.25, 0.3) is 0 Å². The van der Waals surface area contributed by atoms with E-state index in [0.29, 0.717) is 5.56 Å². The molecule has 0 amide bonds. The lowest BCUT2D eigenvalue weighted by Crippen LogP contribution is -2.19. The fourth-order valence-corrected chi connectivity index (χ4v) is 2.75. The molecule has 0 aliphatic carbocycles. The molecule has 0 spiro atoms. The first-order valence-electron chi connectivity index (χ1n) is 6.87. The fraction of sp³-hybridized carbons (Fsp3) is 0.188. The van der Waals surface area contributed by atoms with Gasteiger partial charge in [0.25, 0.3) is 10.0 Å². The van der Waals surface area contributed by atoms with E-state index in [1.54, 1.807) is 24.3 Å². The van der Waals surface area contributed by atoms with Gasteiger partial charge in [0.05, 0.1) is 4.90 Å². The summed E-state index contributed by atoms with van der Waals surface area (Å²) in [6, 6.07) is 15.3. The van der Waals surface area contributed by atoms with Gasteiger partial charge in [-0.05, 0) is 24.6 Å². The lowest BCUT2D eigenvalue weighted by atomic mass is 10.1. The summed E-state index contributed by atoms with van der Waals surface area (Å²) in [5.74, 6) is 0. The van der Waals surface area contributed by atoms with Crippen molar-refractivity contribution in [2.45, 2.75) is 25.7 Å². The maximum absolute atomic E-state index is 12.0. The number of nitrogens with one attached hydrogen (secondary N) is 1. The minimum atomic E-state index is -3.70. The molecule has 0 unspecified atom stereocenters. The van der Waals surface area contributed by atoms with Crippen LogP contribution in [0, 0.1) is 6.92 Å². The molecule has 118 valence electrons. The molecule has 0 aromatic heterocycles. The van der Waals surface area contributed by atoms with Crippen molar-refractivity contribution in [1.82, 2.24) is 4.83 Å². The van der Waals surface area contributed by atoms with Gasteiger partial charge in [0.15, 0.2) is 5.17 Å². The first kappa shape index (κ1) is 18.2. The lowest BCUT2D eigenvalue weighted by Gasteiger charge is -2.05. The Kier molecular flexibility index (Phi) is 7.08. The maximum Gasteiger partial charge on any atom is 0.276 e. The van der Waals surface area contributed by atoms with Crippen LogP contribution in [0.5, 0.6) is 0 Å². The van der Waals surface area contributed by atoms with E-state index in [1.165, 1.54) is 12.1 Å². The Labute approximate surface area is 136 Å². The van der Waals surface area contributed by atoms with Crippen LogP contribution in [0.4, 0.5) is 0 Å². The Hall–Kier alpha value is -1.85. The Morgan fingerprint density at radius 2 is 1.55 bits per heavy atom. The van der Waals surface area contributed by atoms with Gasteiger partial charge >= 0.3 is 0 Å². The average molecular weight is 339 g/mol. The van der Waals surface area contributed by atoms with Gasteiger partial charge in [0.1, 0.15) is 0 Å². The molecular weight excluding hydrogens is 320 g/mol. The van der Waals surface area contributed by atoms with E-state index in [0.717, 1.165) is 5.56 Å². The summed E-state index contributed by atoms with van der Waals surface area (Å²) >= 11 is 6.03. The quantitative estimate of drug-likeness (QED) is 0.679. The molecule has 0 heterocycles. The van der Waals surface area contributed by atoms with E-state index in [-0.39, 0.29) is 10.1 Å². The van der Waals surface area contributed by atoms with E-state index in [4.69, 9.17) is 11.6 Å². The highest BCUT2D eigenvalue weighted by Gasteiger charge is 2.12. The Morgan fingerprint density at radius 3 is 2.14 bits per heavy atom. The summed E-state index contributed by atoms with van der Waals surface area (Å²) in [5.41, 5.74) is 1.60. The van der Waals surface area contributed by atoms with Crippen LogP contribution in [0.1, 0.15) is 25.0 Å². The van der Waals surface area contributed by atoms with Crippen molar-refractivity contribution in [2.24, 2.45) is 5.10 Å². The van der Waals surface area contributed by atoms with Crippen molar-refractivity contribution in [1.29, 1.82) is 0 Å². The van der Waals surface area contributed by atoms with Crippen molar-refractivity contribution in [3.05, 3.63) is 65.7 Å². The highest BCUT2D eigenvalue weighted by atomic mass is 35.5. The number of benzene rings is 2. The summed E-state index contributed by atoms with van der Waals surface area (Å²) in [6.45, 7) is 5.87. The largest absolute Gasteiger partial charge is 0.276 e. The molecule has 22 heavy (non-hydrogen) atoms. The number of hydrazone groups is 1. The average Bonchev–Trinajstić information content (AvgIpc) is 2.56. The topological polar surface area (TPSA) is 58.5 Å². The third kappa shape index (κ3) is 4.86. The molecule has 2 aromatic rings. The molecule has 0 saturated carbocycles. The second kappa shape index (κ2) is 8.56. The van der Waals surface area contributed by atoms with Gasteiger partial charge in [-0.1, -0.05) is 67.9 Å². The second-order valence-electron chi connectivity index (χ2n) is 4.13. The third-order valence-corrected chi connectivity index (χ3v) is 4.20. The van der Waals surface area contributed by atoms with Crippen LogP contribution in [-0.4, -0.2) is 13.6 Å². The highest BCUT2D eigenvalue weighted by molar-refractivity contribution is 7.89. The molecule has 2 aromatic carbocycles. The summed E-state index contributed by atoms with van der Waals surface area (Å²) in [5, 5.41) is 3.85. The monoisotopic (exact) mass is 338 g/mol. The predicted molar refractivity (Wildman–Crippen MR) is 91.7 cm³/mol. The van der Waals surface area contributed by atoms with Crippen molar-refractivity contribution < 1.29 is 8.42 Å². The van der Waals surface area contributed by atoms with E-state index in [9.17, 15) is 8.42 Å².